The van der Waals surface area contributed by atoms with Gasteiger partial charge in [-0.3, -0.25) is 10.1 Å². The Kier molecular flexibility index (Phi) is 3.41. The summed E-state index contributed by atoms with van der Waals surface area (Å²) in [6.07, 6.45) is 1.21. The second kappa shape index (κ2) is 4.39. The number of halogens is 1. The van der Waals surface area contributed by atoms with Crippen molar-refractivity contribution in [2.45, 2.75) is 19.9 Å². The van der Waals surface area contributed by atoms with E-state index in [0.29, 0.717) is 0 Å². The molecule has 1 rings (SSSR count). The molecule has 1 aromatic rings. The van der Waals surface area contributed by atoms with E-state index in [-0.39, 0.29) is 22.7 Å². The van der Waals surface area contributed by atoms with Crippen molar-refractivity contribution in [2.75, 3.05) is 11.9 Å². The van der Waals surface area contributed by atoms with Gasteiger partial charge in [0.1, 0.15) is 6.33 Å². The Balaban J connectivity index is 3.29. The standard InChI is InChI=1S/C8H11ClN4O2/c1-5(2)12(3)8-6(13(14)15)7(9)10-4-11-8/h4-5H,1-3H3. The highest BCUT2D eigenvalue weighted by Crippen LogP contribution is 2.31. The van der Waals surface area contributed by atoms with Crippen LogP contribution >= 0.6 is 11.6 Å². The van der Waals surface area contributed by atoms with Crippen LogP contribution in [0.3, 0.4) is 0 Å². The minimum absolute atomic E-state index is 0.0923. The van der Waals surface area contributed by atoms with Crippen LogP contribution in [0.4, 0.5) is 11.5 Å². The van der Waals surface area contributed by atoms with Crippen LogP contribution in [0.15, 0.2) is 6.33 Å². The maximum Gasteiger partial charge on any atom is 0.348 e. The molecule has 0 bridgehead atoms. The van der Waals surface area contributed by atoms with Crippen molar-refractivity contribution in [1.82, 2.24) is 9.97 Å². The molecule has 0 saturated heterocycles. The van der Waals surface area contributed by atoms with E-state index in [1.54, 1.807) is 11.9 Å². The van der Waals surface area contributed by atoms with Crippen molar-refractivity contribution in [3.63, 3.8) is 0 Å². The molecule has 0 aliphatic rings. The summed E-state index contributed by atoms with van der Waals surface area (Å²) in [6.45, 7) is 3.81. The van der Waals surface area contributed by atoms with Crippen LogP contribution in [0.25, 0.3) is 0 Å². The summed E-state index contributed by atoms with van der Waals surface area (Å²) in [6, 6.07) is 0.0923. The van der Waals surface area contributed by atoms with E-state index in [1.165, 1.54) is 6.33 Å². The van der Waals surface area contributed by atoms with Crippen LogP contribution < -0.4 is 4.90 Å². The van der Waals surface area contributed by atoms with Crippen molar-refractivity contribution < 1.29 is 4.92 Å². The Morgan fingerprint density at radius 1 is 1.53 bits per heavy atom. The van der Waals surface area contributed by atoms with Gasteiger partial charge in [-0.05, 0) is 13.8 Å². The zero-order valence-corrected chi connectivity index (χ0v) is 9.39. The predicted octanol–water partition coefficient (Wildman–Crippen LogP) is 1.88. The molecule has 0 N–H and O–H groups in total. The zero-order chi connectivity index (χ0) is 11.6. The van der Waals surface area contributed by atoms with Gasteiger partial charge in [-0.2, -0.15) is 0 Å². The van der Waals surface area contributed by atoms with Crippen LogP contribution in [-0.4, -0.2) is 28.0 Å². The third-order valence-electron chi connectivity index (χ3n) is 2.05. The normalized spacial score (nSPS) is 10.5. The van der Waals surface area contributed by atoms with E-state index in [1.807, 2.05) is 13.8 Å². The fourth-order valence-corrected chi connectivity index (χ4v) is 1.21. The summed E-state index contributed by atoms with van der Waals surface area (Å²) in [7, 11) is 1.72. The van der Waals surface area contributed by atoms with Gasteiger partial charge >= 0.3 is 5.69 Å². The molecule has 0 aromatic carbocycles. The van der Waals surface area contributed by atoms with Crippen molar-refractivity contribution in [2.24, 2.45) is 0 Å². The van der Waals surface area contributed by atoms with Gasteiger partial charge < -0.3 is 4.90 Å². The summed E-state index contributed by atoms with van der Waals surface area (Å²) >= 11 is 5.65. The first-order valence-corrected chi connectivity index (χ1v) is 4.70. The molecule has 0 fully saturated rings. The van der Waals surface area contributed by atoms with E-state index in [9.17, 15) is 10.1 Å². The lowest BCUT2D eigenvalue weighted by atomic mass is 10.3. The Morgan fingerprint density at radius 2 is 2.13 bits per heavy atom. The second-order valence-corrected chi connectivity index (χ2v) is 3.66. The molecule has 0 aliphatic heterocycles. The van der Waals surface area contributed by atoms with E-state index in [0.717, 1.165) is 0 Å². The first-order chi connectivity index (χ1) is 6.95. The molecular weight excluding hydrogens is 220 g/mol. The molecule has 0 amide bonds. The number of nitrogens with zero attached hydrogens (tertiary/aromatic N) is 4. The number of aromatic nitrogens is 2. The maximum absolute atomic E-state index is 10.8. The minimum Gasteiger partial charge on any atom is -0.351 e. The molecule has 0 unspecified atom stereocenters. The summed E-state index contributed by atoms with van der Waals surface area (Å²) in [5, 5.41) is 10.6. The molecule has 0 spiro atoms. The zero-order valence-electron chi connectivity index (χ0n) is 8.64. The average Bonchev–Trinajstić information content (AvgIpc) is 2.15. The number of rotatable bonds is 3. The first kappa shape index (κ1) is 11.6. The van der Waals surface area contributed by atoms with Gasteiger partial charge in [-0.1, -0.05) is 11.6 Å². The predicted molar refractivity (Wildman–Crippen MR) is 57.2 cm³/mol. The molecule has 15 heavy (non-hydrogen) atoms. The van der Waals surface area contributed by atoms with Crippen LogP contribution in [0, 0.1) is 10.1 Å². The van der Waals surface area contributed by atoms with E-state index in [4.69, 9.17) is 11.6 Å². The maximum atomic E-state index is 10.8. The summed E-state index contributed by atoms with van der Waals surface area (Å²) in [4.78, 5) is 19.3. The number of hydrogen-bond donors (Lipinski definition) is 0. The van der Waals surface area contributed by atoms with Crippen LogP contribution in [0.2, 0.25) is 5.15 Å². The van der Waals surface area contributed by atoms with Crippen molar-refractivity contribution in [3.8, 4) is 0 Å². The molecule has 0 saturated carbocycles. The van der Waals surface area contributed by atoms with Gasteiger partial charge in [0.2, 0.25) is 11.0 Å². The van der Waals surface area contributed by atoms with Gasteiger partial charge in [0, 0.05) is 13.1 Å². The van der Waals surface area contributed by atoms with E-state index >= 15 is 0 Å². The second-order valence-electron chi connectivity index (χ2n) is 3.30. The lowest BCUT2D eigenvalue weighted by molar-refractivity contribution is -0.384. The lowest BCUT2D eigenvalue weighted by Gasteiger charge is -2.21. The molecule has 6 nitrogen and oxygen atoms in total. The Bertz CT molecular complexity index is 383. The van der Waals surface area contributed by atoms with Crippen molar-refractivity contribution in [3.05, 3.63) is 21.6 Å². The molecule has 0 atom stereocenters. The highest BCUT2D eigenvalue weighted by atomic mass is 35.5. The highest BCUT2D eigenvalue weighted by Gasteiger charge is 2.25. The average molecular weight is 231 g/mol. The third kappa shape index (κ3) is 2.33. The van der Waals surface area contributed by atoms with Gasteiger partial charge in [-0.25, -0.2) is 9.97 Å². The van der Waals surface area contributed by atoms with Gasteiger partial charge in [-0.15, -0.1) is 0 Å². The summed E-state index contributed by atoms with van der Waals surface area (Å²) < 4.78 is 0. The summed E-state index contributed by atoms with van der Waals surface area (Å²) in [5.74, 6) is 0.231. The largest absolute Gasteiger partial charge is 0.351 e. The Morgan fingerprint density at radius 3 is 2.60 bits per heavy atom. The SMILES string of the molecule is CC(C)N(C)c1ncnc(Cl)c1[N+](=O)[O-]. The highest BCUT2D eigenvalue weighted by molar-refractivity contribution is 6.31. The number of anilines is 1. The molecule has 0 aliphatic carbocycles. The molecule has 1 heterocycles. The topological polar surface area (TPSA) is 72.2 Å². The van der Waals surface area contributed by atoms with Gasteiger partial charge in [0.05, 0.1) is 4.92 Å². The molecule has 7 heteroatoms. The molecule has 1 aromatic heterocycles. The van der Waals surface area contributed by atoms with Crippen molar-refractivity contribution >= 4 is 23.1 Å². The molecular formula is C8H11ClN4O2. The number of hydrogen-bond acceptors (Lipinski definition) is 5. The monoisotopic (exact) mass is 230 g/mol. The van der Waals surface area contributed by atoms with Crippen LogP contribution in [-0.2, 0) is 0 Å². The van der Waals surface area contributed by atoms with E-state index < -0.39 is 4.92 Å². The van der Waals surface area contributed by atoms with E-state index in [2.05, 4.69) is 9.97 Å². The molecule has 0 radical (unpaired) electrons. The minimum atomic E-state index is -0.573. The van der Waals surface area contributed by atoms with Gasteiger partial charge in [0.15, 0.2) is 0 Å². The fraction of sp³-hybridized carbons (Fsp3) is 0.500. The fourth-order valence-electron chi connectivity index (χ4n) is 1.01. The quantitative estimate of drug-likeness (QED) is 0.450. The number of nitro groups is 1. The lowest BCUT2D eigenvalue weighted by Crippen LogP contribution is -2.27. The third-order valence-corrected chi connectivity index (χ3v) is 2.33. The summed E-state index contributed by atoms with van der Waals surface area (Å²) in [5.41, 5.74) is -0.254. The van der Waals surface area contributed by atoms with Crippen LogP contribution in [0.1, 0.15) is 13.8 Å². The first-order valence-electron chi connectivity index (χ1n) is 4.33. The Labute approximate surface area is 92.0 Å². The Hall–Kier alpha value is -1.43. The van der Waals surface area contributed by atoms with Crippen molar-refractivity contribution in [1.29, 1.82) is 0 Å². The van der Waals surface area contributed by atoms with Crippen LogP contribution in [0.5, 0.6) is 0 Å². The van der Waals surface area contributed by atoms with Gasteiger partial charge in [0.25, 0.3) is 0 Å². The molecule has 82 valence electrons. The smallest absolute Gasteiger partial charge is 0.348 e.